The molecular formula is C25H24F3N3O3. The van der Waals surface area contributed by atoms with E-state index in [0.29, 0.717) is 0 Å². The van der Waals surface area contributed by atoms with E-state index < -0.39 is 40.3 Å². The van der Waals surface area contributed by atoms with E-state index in [-0.39, 0.29) is 29.8 Å². The van der Waals surface area contributed by atoms with Crippen molar-refractivity contribution in [1.82, 2.24) is 10.3 Å². The molecule has 178 valence electrons. The van der Waals surface area contributed by atoms with Gasteiger partial charge in [0.25, 0.3) is 11.8 Å². The molecule has 6 nitrogen and oxygen atoms in total. The molecular weight excluding hydrogens is 447 g/mol. The number of nitrogens with one attached hydrogen (secondary N) is 1. The highest BCUT2D eigenvalue weighted by atomic mass is 19.4. The minimum absolute atomic E-state index is 0.0293. The second kappa shape index (κ2) is 7.78. The fraction of sp³-hybridized carbons (Fsp3) is 0.360. The molecule has 1 unspecified atom stereocenters. The second-order valence-electron chi connectivity index (χ2n) is 9.62. The zero-order valence-electron chi connectivity index (χ0n) is 19.2. The van der Waals surface area contributed by atoms with E-state index in [9.17, 15) is 27.6 Å². The molecule has 9 heteroatoms. The summed E-state index contributed by atoms with van der Waals surface area (Å²) in [6.07, 6.45) is -2.92. The lowest BCUT2D eigenvalue weighted by molar-refractivity contribution is -0.186. The van der Waals surface area contributed by atoms with Gasteiger partial charge in [0.1, 0.15) is 0 Å². The number of amides is 2. The number of benzene rings is 1. The third-order valence-electron chi connectivity index (χ3n) is 6.42. The fourth-order valence-corrected chi connectivity index (χ4v) is 4.63. The Morgan fingerprint density at radius 2 is 1.79 bits per heavy atom. The van der Waals surface area contributed by atoms with Crippen LogP contribution >= 0.6 is 0 Å². The van der Waals surface area contributed by atoms with Crippen molar-refractivity contribution in [2.45, 2.75) is 52.3 Å². The minimum atomic E-state index is -5.27. The summed E-state index contributed by atoms with van der Waals surface area (Å²) in [6, 6.07) is 7.54. The normalized spacial score (nSPS) is 22.1. The van der Waals surface area contributed by atoms with Crippen LogP contribution in [0.3, 0.4) is 0 Å². The van der Waals surface area contributed by atoms with Crippen LogP contribution < -0.4 is 10.2 Å². The number of pyridine rings is 1. The van der Waals surface area contributed by atoms with E-state index >= 15 is 0 Å². The molecule has 1 aromatic heterocycles. The van der Waals surface area contributed by atoms with Crippen molar-refractivity contribution in [3.05, 3.63) is 70.7 Å². The zero-order valence-corrected chi connectivity index (χ0v) is 19.2. The van der Waals surface area contributed by atoms with Gasteiger partial charge in [0, 0.05) is 30.2 Å². The summed E-state index contributed by atoms with van der Waals surface area (Å²) in [6.45, 7) is 7.15. The average molecular weight is 471 g/mol. The summed E-state index contributed by atoms with van der Waals surface area (Å²) in [4.78, 5) is 44.6. The first kappa shape index (κ1) is 23.7. The first-order valence-corrected chi connectivity index (χ1v) is 10.8. The number of aromatic nitrogens is 1. The molecule has 2 aromatic rings. The first-order valence-electron chi connectivity index (χ1n) is 10.8. The molecule has 1 aliphatic carbocycles. The quantitative estimate of drug-likeness (QED) is 0.719. The van der Waals surface area contributed by atoms with E-state index in [2.05, 4.69) is 4.98 Å². The number of aryl methyl sites for hydroxylation is 2. The summed E-state index contributed by atoms with van der Waals surface area (Å²) in [5, 5.41) is 1.91. The van der Waals surface area contributed by atoms with E-state index in [4.69, 9.17) is 0 Å². The van der Waals surface area contributed by atoms with Crippen molar-refractivity contribution >= 4 is 23.3 Å². The van der Waals surface area contributed by atoms with Gasteiger partial charge in [-0.3, -0.25) is 24.3 Å². The van der Waals surface area contributed by atoms with Gasteiger partial charge in [-0.25, -0.2) is 0 Å². The molecule has 0 saturated carbocycles. The Labute approximate surface area is 194 Å². The molecule has 1 aliphatic heterocycles. The monoisotopic (exact) mass is 471 g/mol. The number of halogens is 3. The highest BCUT2D eigenvalue weighted by molar-refractivity contribution is 6.21. The van der Waals surface area contributed by atoms with Gasteiger partial charge in [-0.1, -0.05) is 19.9 Å². The molecule has 1 atom stereocenters. The van der Waals surface area contributed by atoms with Crippen LogP contribution in [0, 0.1) is 19.3 Å². The molecule has 0 spiro atoms. The molecule has 1 N–H and O–H groups in total. The zero-order chi connectivity index (χ0) is 25.1. The Kier molecular flexibility index (Phi) is 5.42. The lowest BCUT2D eigenvalue weighted by Crippen LogP contribution is -2.66. The summed E-state index contributed by atoms with van der Waals surface area (Å²) in [7, 11) is 0. The average Bonchev–Trinajstić information content (AvgIpc) is 2.98. The Balaban J connectivity index is 1.96. The summed E-state index contributed by atoms with van der Waals surface area (Å²) in [5.41, 5.74) is -3.17. The van der Waals surface area contributed by atoms with Gasteiger partial charge in [-0.2, -0.15) is 13.2 Å². The number of ketones is 1. The van der Waals surface area contributed by atoms with Crippen LogP contribution in [-0.2, 0) is 9.59 Å². The third kappa shape index (κ3) is 3.59. The maximum Gasteiger partial charge on any atom is 0.425 e. The minimum Gasteiger partial charge on any atom is -0.326 e. The van der Waals surface area contributed by atoms with Crippen molar-refractivity contribution in [3.8, 4) is 0 Å². The van der Waals surface area contributed by atoms with Crippen molar-refractivity contribution in [3.63, 3.8) is 0 Å². The van der Waals surface area contributed by atoms with Crippen LogP contribution in [0.25, 0.3) is 0 Å². The first-order chi connectivity index (χ1) is 15.8. The summed E-state index contributed by atoms with van der Waals surface area (Å²) in [5.74, 6) is -3.38. The van der Waals surface area contributed by atoms with Gasteiger partial charge in [-0.05, 0) is 61.1 Å². The Bertz CT molecular complexity index is 1230. The van der Waals surface area contributed by atoms with Gasteiger partial charge in [-0.15, -0.1) is 0 Å². The maximum absolute atomic E-state index is 14.8. The standard InChI is InChI=1S/C25H24F3N3O3/c1-14-7-8-17(10-15(14)2)31-18-11-23(3,4)12-19(32)20(18)24(22(31)34,25(26,27)28)30-21(33)16-6-5-9-29-13-16/h5-10,13H,11-12H2,1-4H3,(H,30,33). The predicted octanol–water partition coefficient (Wildman–Crippen LogP) is 4.42. The van der Waals surface area contributed by atoms with Crippen molar-refractivity contribution in [1.29, 1.82) is 0 Å². The smallest absolute Gasteiger partial charge is 0.326 e. The number of Topliss-reactive ketones (excluding diaryl/α,β-unsaturated/α-hetero) is 1. The fourth-order valence-electron chi connectivity index (χ4n) is 4.63. The number of hydrogen-bond acceptors (Lipinski definition) is 4. The molecule has 1 aromatic carbocycles. The van der Waals surface area contributed by atoms with E-state index in [0.717, 1.165) is 22.2 Å². The molecule has 2 heterocycles. The van der Waals surface area contributed by atoms with Crippen LogP contribution in [0.4, 0.5) is 18.9 Å². The Morgan fingerprint density at radius 3 is 2.38 bits per heavy atom. The van der Waals surface area contributed by atoms with Crippen molar-refractivity contribution in [2.75, 3.05) is 4.90 Å². The van der Waals surface area contributed by atoms with Gasteiger partial charge in [0.15, 0.2) is 5.78 Å². The Morgan fingerprint density at radius 1 is 1.09 bits per heavy atom. The van der Waals surface area contributed by atoms with E-state index in [1.807, 2.05) is 12.2 Å². The van der Waals surface area contributed by atoms with Gasteiger partial charge < -0.3 is 5.32 Å². The lowest BCUT2D eigenvalue weighted by atomic mass is 9.72. The number of anilines is 1. The van der Waals surface area contributed by atoms with E-state index in [1.54, 1.807) is 39.0 Å². The maximum atomic E-state index is 14.8. The Hall–Kier alpha value is -3.49. The highest BCUT2D eigenvalue weighted by Gasteiger charge is 2.72. The molecule has 34 heavy (non-hydrogen) atoms. The van der Waals surface area contributed by atoms with Crippen molar-refractivity contribution in [2.24, 2.45) is 5.41 Å². The molecule has 0 fully saturated rings. The van der Waals surface area contributed by atoms with Crippen LogP contribution in [0.5, 0.6) is 0 Å². The second-order valence-corrected chi connectivity index (χ2v) is 9.62. The topological polar surface area (TPSA) is 79.4 Å². The lowest BCUT2D eigenvalue weighted by Gasteiger charge is -2.35. The third-order valence-corrected chi connectivity index (χ3v) is 6.42. The van der Waals surface area contributed by atoms with Gasteiger partial charge in [0.2, 0.25) is 5.54 Å². The van der Waals surface area contributed by atoms with Gasteiger partial charge >= 0.3 is 6.18 Å². The number of nitrogens with zero attached hydrogens (tertiary/aromatic N) is 2. The molecule has 0 bridgehead atoms. The number of hydrogen-bond donors (Lipinski definition) is 1. The predicted molar refractivity (Wildman–Crippen MR) is 119 cm³/mol. The summed E-state index contributed by atoms with van der Waals surface area (Å²) < 4.78 is 44.5. The van der Waals surface area contributed by atoms with Gasteiger partial charge in [0.05, 0.1) is 11.1 Å². The van der Waals surface area contributed by atoms with Crippen molar-refractivity contribution < 1.29 is 27.6 Å². The summed E-state index contributed by atoms with van der Waals surface area (Å²) >= 11 is 0. The van der Waals surface area contributed by atoms with Crippen LogP contribution in [-0.4, -0.2) is 34.3 Å². The number of carbonyl (C=O) groups is 3. The van der Waals surface area contributed by atoms with Crippen LogP contribution in [0.15, 0.2) is 54.0 Å². The number of alkyl halides is 3. The molecule has 0 saturated heterocycles. The van der Waals surface area contributed by atoms with Crippen LogP contribution in [0.2, 0.25) is 0 Å². The largest absolute Gasteiger partial charge is 0.425 e. The molecule has 2 amide bonds. The van der Waals surface area contributed by atoms with E-state index in [1.165, 1.54) is 18.3 Å². The molecule has 4 rings (SSSR count). The number of rotatable bonds is 3. The number of allylic oxidation sites excluding steroid dienone is 1. The molecule has 2 aliphatic rings. The highest BCUT2D eigenvalue weighted by Crippen LogP contribution is 2.53. The SMILES string of the molecule is Cc1ccc(N2C(=O)C(NC(=O)c3cccnc3)(C(F)(F)F)C3=C2CC(C)(C)CC3=O)cc1C. The molecule has 0 radical (unpaired) electrons. The number of carbonyl (C=O) groups excluding carboxylic acids is 3. The van der Waals surface area contributed by atoms with Crippen LogP contribution in [0.1, 0.15) is 48.2 Å².